The van der Waals surface area contributed by atoms with Gasteiger partial charge in [0, 0.05) is 17.7 Å². The Hall–Kier alpha value is -4.27. The van der Waals surface area contributed by atoms with Gasteiger partial charge in [0.1, 0.15) is 17.3 Å². The average Bonchev–Trinajstić information content (AvgIpc) is 3.13. The lowest BCUT2D eigenvalue weighted by molar-refractivity contribution is -0.140. The van der Waals surface area contributed by atoms with Gasteiger partial charge in [-0.15, -0.1) is 0 Å². The minimum absolute atomic E-state index is 0.0556. The van der Waals surface area contributed by atoms with E-state index in [4.69, 9.17) is 4.74 Å². The Morgan fingerprint density at radius 1 is 0.975 bits per heavy atom. The van der Waals surface area contributed by atoms with Crippen LogP contribution in [0.15, 0.2) is 72.3 Å². The molecule has 0 radical (unpaired) electrons. The van der Waals surface area contributed by atoms with Crippen LogP contribution in [0, 0.1) is 0 Å². The highest BCUT2D eigenvalue weighted by Crippen LogP contribution is 2.42. The lowest BCUT2D eigenvalue weighted by Crippen LogP contribution is -2.29. The van der Waals surface area contributed by atoms with Crippen molar-refractivity contribution in [3.63, 3.8) is 0 Å². The van der Waals surface area contributed by atoms with Gasteiger partial charge < -0.3 is 19.8 Å². The van der Waals surface area contributed by atoms with Gasteiger partial charge in [0.05, 0.1) is 23.8 Å². The molecule has 0 aromatic heterocycles. The first-order valence-electron chi connectivity index (χ1n) is 12.7. The summed E-state index contributed by atoms with van der Waals surface area (Å²) in [5, 5.41) is 21.3. The van der Waals surface area contributed by atoms with Crippen LogP contribution in [-0.4, -0.2) is 33.4 Å². The van der Waals surface area contributed by atoms with Crippen LogP contribution in [-0.2, 0) is 27.7 Å². The van der Waals surface area contributed by atoms with Gasteiger partial charge in [0.25, 0.3) is 11.7 Å². The molecule has 3 aromatic rings. The number of Topliss-reactive ketones (excluding diaryl/α,β-unsaturated/α-hetero) is 1. The van der Waals surface area contributed by atoms with Crippen LogP contribution in [0.3, 0.4) is 0 Å². The Morgan fingerprint density at radius 3 is 2.25 bits per heavy atom. The summed E-state index contributed by atoms with van der Waals surface area (Å²) in [6.07, 6.45) is -4.58. The fourth-order valence-electron chi connectivity index (χ4n) is 4.79. The van der Waals surface area contributed by atoms with Gasteiger partial charge >= 0.3 is 6.18 Å². The number of phenolic OH excluding ortho intramolecular Hbond substituents is 1. The monoisotopic (exact) mass is 553 g/mol. The lowest BCUT2D eigenvalue weighted by Gasteiger charge is -2.26. The maximum absolute atomic E-state index is 13.4. The first kappa shape index (κ1) is 28.7. The van der Waals surface area contributed by atoms with Crippen molar-refractivity contribution in [1.29, 1.82) is 0 Å². The Kier molecular flexibility index (Phi) is 7.70. The highest BCUT2D eigenvalue weighted by atomic mass is 19.4. The summed E-state index contributed by atoms with van der Waals surface area (Å²) in [6, 6.07) is 14.1. The van der Waals surface area contributed by atoms with Crippen LogP contribution in [0.1, 0.15) is 61.6 Å². The van der Waals surface area contributed by atoms with Gasteiger partial charge in [-0.25, -0.2) is 0 Å². The summed E-state index contributed by atoms with van der Waals surface area (Å²) in [5.74, 6) is -1.78. The number of hydrogen-bond acceptors (Lipinski definition) is 5. The van der Waals surface area contributed by atoms with Crippen molar-refractivity contribution in [1.82, 2.24) is 4.90 Å². The lowest BCUT2D eigenvalue weighted by atomic mass is 9.84. The molecule has 1 aliphatic rings. The normalized spacial score (nSPS) is 17.4. The minimum atomic E-state index is -4.58. The van der Waals surface area contributed by atoms with E-state index in [2.05, 4.69) is 0 Å². The molecule has 40 heavy (non-hydrogen) atoms. The molecule has 4 rings (SSSR count). The topological polar surface area (TPSA) is 87.1 Å². The second-order valence-electron chi connectivity index (χ2n) is 10.6. The number of halogens is 3. The highest BCUT2D eigenvalue weighted by molar-refractivity contribution is 6.46. The fourth-order valence-corrected chi connectivity index (χ4v) is 4.79. The Labute approximate surface area is 230 Å². The van der Waals surface area contributed by atoms with Crippen molar-refractivity contribution in [2.75, 3.05) is 6.61 Å². The van der Waals surface area contributed by atoms with E-state index in [0.29, 0.717) is 17.9 Å². The fraction of sp³-hybridized carbons (Fsp3) is 0.290. The number of aromatic hydroxyl groups is 1. The summed E-state index contributed by atoms with van der Waals surface area (Å²) < 4.78 is 45.8. The first-order chi connectivity index (χ1) is 18.7. The summed E-state index contributed by atoms with van der Waals surface area (Å²) in [4.78, 5) is 27.8. The van der Waals surface area contributed by atoms with E-state index in [-0.39, 0.29) is 34.4 Å². The van der Waals surface area contributed by atoms with E-state index in [1.807, 2.05) is 27.7 Å². The van der Waals surface area contributed by atoms with E-state index < -0.39 is 35.2 Å². The number of aliphatic hydroxyl groups is 1. The largest absolute Gasteiger partial charge is 0.508 e. The number of benzene rings is 3. The van der Waals surface area contributed by atoms with Gasteiger partial charge in [-0.2, -0.15) is 13.2 Å². The molecule has 1 aliphatic heterocycles. The minimum Gasteiger partial charge on any atom is -0.508 e. The summed E-state index contributed by atoms with van der Waals surface area (Å²) in [6.45, 7) is 7.88. The summed E-state index contributed by atoms with van der Waals surface area (Å²) >= 11 is 0. The van der Waals surface area contributed by atoms with Crippen molar-refractivity contribution < 1.29 is 37.7 Å². The van der Waals surface area contributed by atoms with Crippen LogP contribution in [0.5, 0.6) is 11.5 Å². The number of likely N-dealkylation sites (tertiary alicyclic amines) is 1. The second kappa shape index (κ2) is 10.7. The van der Waals surface area contributed by atoms with E-state index in [1.54, 1.807) is 18.2 Å². The van der Waals surface area contributed by atoms with Crippen LogP contribution in [0.2, 0.25) is 0 Å². The molecule has 0 aliphatic carbocycles. The molecule has 0 bridgehead atoms. The van der Waals surface area contributed by atoms with E-state index in [1.165, 1.54) is 36.4 Å². The molecule has 9 heteroatoms. The Morgan fingerprint density at radius 2 is 1.65 bits per heavy atom. The van der Waals surface area contributed by atoms with Gasteiger partial charge in [-0.05, 0) is 65.9 Å². The quantitative estimate of drug-likeness (QED) is 0.201. The third-order valence-electron chi connectivity index (χ3n) is 6.72. The van der Waals surface area contributed by atoms with E-state index >= 15 is 0 Å². The predicted octanol–water partition coefficient (Wildman–Crippen LogP) is 6.73. The SMILES string of the molecule is CCOc1ccc(/C(O)=C2/C(=O)C(=O)N(Cc3cccc(C(F)(F)F)c3)C2c2ccc(O)cc2)cc1C(C)(C)C. The number of ketones is 1. The maximum atomic E-state index is 13.4. The summed E-state index contributed by atoms with van der Waals surface area (Å²) in [5.41, 5.74) is 0.155. The van der Waals surface area contributed by atoms with Crippen LogP contribution < -0.4 is 4.74 Å². The number of carbonyl (C=O) groups is 2. The number of aliphatic hydroxyl groups excluding tert-OH is 1. The first-order valence-corrected chi connectivity index (χ1v) is 12.7. The number of amides is 1. The molecule has 1 saturated heterocycles. The predicted molar refractivity (Wildman–Crippen MR) is 144 cm³/mol. The van der Waals surface area contributed by atoms with Crippen molar-refractivity contribution >= 4 is 17.4 Å². The molecule has 2 N–H and O–H groups in total. The zero-order chi connectivity index (χ0) is 29.4. The zero-order valence-electron chi connectivity index (χ0n) is 22.5. The van der Waals surface area contributed by atoms with Crippen LogP contribution in [0.4, 0.5) is 13.2 Å². The number of hydrogen-bond donors (Lipinski definition) is 2. The third-order valence-corrected chi connectivity index (χ3v) is 6.72. The van der Waals surface area contributed by atoms with Gasteiger partial charge in [0.15, 0.2) is 0 Å². The number of carbonyl (C=O) groups excluding carboxylic acids is 2. The van der Waals surface area contributed by atoms with Crippen molar-refractivity contribution in [2.24, 2.45) is 0 Å². The molecule has 210 valence electrons. The highest BCUT2D eigenvalue weighted by Gasteiger charge is 2.46. The molecular formula is C31H30F3NO5. The Bertz CT molecular complexity index is 1470. The van der Waals surface area contributed by atoms with Gasteiger partial charge in [-0.3, -0.25) is 9.59 Å². The van der Waals surface area contributed by atoms with Crippen molar-refractivity contribution in [3.8, 4) is 11.5 Å². The van der Waals surface area contributed by atoms with Crippen LogP contribution >= 0.6 is 0 Å². The second-order valence-corrected chi connectivity index (χ2v) is 10.6. The number of ether oxygens (including phenoxy) is 1. The molecule has 3 aromatic carbocycles. The smallest absolute Gasteiger partial charge is 0.416 e. The molecular weight excluding hydrogens is 523 g/mol. The molecule has 1 amide bonds. The van der Waals surface area contributed by atoms with Crippen molar-refractivity contribution in [3.05, 3.63) is 100 Å². The van der Waals surface area contributed by atoms with E-state index in [9.17, 15) is 33.0 Å². The summed E-state index contributed by atoms with van der Waals surface area (Å²) in [7, 11) is 0. The Balaban J connectivity index is 1.87. The standard InChI is InChI=1S/C31H30F3NO5/c1-5-40-24-14-11-20(16-23(24)30(2,3)4)27(37)25-26(19-9-12-22(36)13-10-19)35(29(39)28(25)38)17-18-7-6-8-21(15-18)31(32,33)34/h6-16,26,36-37H,5,17H2,1-4H3/b27-25-. The number of alkyl halides is 3. The molecule has 1 unspecified atom stereocenters. The number of rotatable bonds is 6. The van der Waals surface area contributed by atoms with E-state index in [0.717, 1.165) is 22.6 Å². The van der Waals surface area contributed by atoms with Crippen LogP contribution in [0.25, 0.3) is 5.76 Å². The molecule has 1 atom stereocenters. The molecule has 6 nitrogen and oxygen atoms in total. The molecule has 0 saturated carbocycles. The zero-order valence-corrected chi connectivity index (χ0v) is 22.5. The molecule has 1 heterocycles. The molecule has 0 spiro atoms. The molecule has 1 fully saturated rings. The average molecular weight is 554 g/mol. The maximum Gasteiger partial charge on any atom is 0.416 e. The number of phenols is 1. The number of nitrogens with zero attached hydrogens (tertiary/aromatic N) is 1. The third kappa shape index (κ3) is 5.68. The van der Waals surface area contributed by atoms with Crippen molar-refractivity contribution in [2.45, 2.75) is 51.9 Å². The van der Waals surface area contributed by atoms with Gasteiger partial charge in [-0.1, -0.05) is 45.0 Å². The van der Waals surface area contributed by atoms with Gasteiger partial charge in [0.2, 0.25) is 0 Å².